The van der Waals surface area contributed by atoms with Gasteiger partial charge in [-0.05, 0) is 56.0 Å². The van der Waals surface area contributed by atoms with Crippen LogP contribution in [0.4, 0.5) is 0 Å². The van der Waals surface area contributed by atoms with Crippen LogP contribution in [-0.2, 0) is 4.79 Å². The van der Waals surface area contributed by atoms with Crippen LogP contribution < -0.4 is 10.6 Å². The number of likely N-dealkylation sites (tertiary alicyclic amines) is 1. The van der Waals surface area contributed by atoms with Gasteiger partial charge in [-0.1, -0.05) is 6.92 Å². The Balaban J connectivity index is 1.71. The van der Waals surface area contributed by atoms with Crippen LogP contribution in [0.25, 0.3) is 6.08 Å². The third-order valence-corrected chi connectivity index (χ3v) is 4.37. The second kappa shape index (κ2) is 9.93. The van der Waals surface area contributed by atoms with Crippen molar-refractivity contribution in [3.8, 4) is 0 Å². The Bertz CT molecular complexity index is 615. The van der Waals surface area contributed by atoms with Crippen LogP contribution in [0.15, 0.2) is 24.5 Å². The Morgan fingerprint density at radius 3 is 3.00 bits per heavy atom. The summed E-state index contributed by atoms with van der Waals surface area (Å²) in [6.07, 6.45) is 9.83. The molecule has 2 rings (SSSR count). The van der Waals surface area contributed by atoms with E-state index in [1.54, 1.807) is 25.4 Å². The van der Waals surface area contributed by atoms with Crippen LogP contribution in [0, 0.1) is 5.92 Å². The largest absolute Gasteiger partial charge is 0.355 e. The van der Waals surface area contributed by atoms with Crippen LogP contribution in [-0.4, -0.2) is 54.9 Å². The Labute approximate surface area is 149 Å². The summed E-state index contributed by atoms with van der Waals surface area (Å²) in [6, 6.07) is 1.70. The standard InChI is InChI=1S/C19H28N4O2/c1-15-5-3-9-23(14-15)10-4-8-22-18(24)7-6-16-11-17(13-21-12-16)19(25)20-2/h6-7,11-13,15H,3-5,8-10,14H2,1-2H3,(H,20,25)(H,22,24)/b7-6-/t15-/m0/s1. The van der Waals surface area contributed by atoms with Crippen LogP contribution >= 0.6 is 0 Å². The second-order valence-corrected chi connectivity index (χ2v) is 6.61. The summed E-state index contributed by atoms with van der Waals surface area (Å²) in [5.74, 6) is 0.460. The van der Waals surface area contributed by atoms with Crippen molar-refractivity contribution in [3.63, 3.8) is 0 Å². The predicted molar refractivity (Wildman–Crippen MR) is 99.1 cm³/mol. The van der Waals surface area contributed by atoms with E-state index < -0.39 is 0 Å². The first-order valence-electron chi connectivity index (χ1n) is 8.94. The molecule has 0 spiro atoms. The molecular weight excluding hydrogens is 316 g/mol. The lowest BCUT2D eigenvalue weighted by Gasteiger charge is -2.30. The highest BCUT2D eigenvalue weighted by atomic mass is 16.2. The fraction of sp³-hybridized carbons (Fsp3) is 0.526. The normalized spacial score (nSPS) is 18.2. The van der Waals surface area contributed by atoms with E-state index in [4.69, 9.17) is 0 Å². The number of amides is 2. The summed E-state index contributed by atoms with van der Waals surface area (Å²) in [7, 11) is 1.57. The van der Waals surface area contributed by atoms with Crippen molar-refractivity contribution < 1.29 is 9.59 Å². The van der Waals surface area contributed by atoms with E-state index in [-0.39, 0.29) is 11.8 Å². The molecule has 1 aromatic rings. The van der Waals surface area contributed by atoms with E-state index in [9.17, 15) is 9.59 Å². The number of aromatic nitrogens is 1. The van der Waals surface area contributed by atoms with Gasteiger partial charge in [-0.2, -0.15) is 0 Å². The molecule has 0 aromatic carbocycles. The molecular formula is C19H28N4O2. The Hall–Kier alpha value is -2.21. The molecule has 2 amide bonds. The molecule has 0 aliphatic carbocycles. The van der Waals surface area contributed by atoms with Crippen LogP contribution in [0.3, 0.4) is 0 Å². The monoisotopic (exact) mass is 344 g/mol. The molecule has 1 aromatic heterocycles. The maximum Gasteiger partial charge on any atom is 0.252 e. The highest BCUT2D eigenvalue weighted by Gasteiger charge is 2.15. The van der Waals surface area contributed by atoms with Gasteiger partial charge >= 0.3 is 0 Å². The molecule has 0 saturated carbocycles. The number of piperidine rings is 1. The number of carbonyl (C=O) groups is 2. The second-order valence-electron chi connectivity index (χ2n) is 6.61. The third-order valence-electron chi connectivity index (χ3n) is 4.37. The molecule has 1 saturated heterocycles. The van der Waals surface area contributed by atoms with Gasteiger partial charge in [0.2, 0.25) is 5.91 Å². The molecule has 1 fully saturated rings. The quantitative estimate of drug-likeness (QED) is 0.583. The predicted octanol–water partition coefficient (Wildman–Crippen LogP) is 1.69. The number of carbonyl (C=O) groups excluding carboxylic acids is 2. The molecule has 136 valence electrons. The van der Waals surface area contributed by atoms with Gasteiger partial charge in [0.1, 0.15) is 0 Å². The van der Waals surface area contributed by atoms with Gasteiger partial charge in [0.15, 0.2) is 0 Å². The first-order valence-corrected chi connectivity index (χ1v) is 8.94. The molecule has 25 heavy (non-hydrogen) atoms. The maximum atomic E-state index is 11.9. The van der Waals surface area contributed by atoms with Crippen molar-refractivity contribution in [2.45, 2.75) is 26.2 Å². The van der Waals surface area contributed by atoms with Crippen LogP contribution in [0.5, 0.6) is 0 Å². The molecule has 6 nitrogen and oxygen atoms in total. The van der Waals surface area contributed by atoms with Gasteiger partial charge in [-0.15, -0.1) is 0 Å². The number of hydrogen-bond acceptors (Lipinski definition) is 4. The Morgan fingerprint density at radius 1 is 1.40 bits per heavy atom. The van der Waals surface area contributed by atoms with E-state index in [1.807, 2.05) is 0 Å². The summed E-state index contributed by atoms with van der Waals surface area (Å²) in [6.45, 7) is 6.35. The number of rotatable bonds is 7. The fourth-order valence-electron chi connectivity index (χ4n) is 3.05. The van der Waals surface area contributed by atoms with Gasteiger partial charge in [0.25, 0.3) is 5.91 Å². The first kappa shape index (κ1) is 19.1. The molecule has 1 aliphatic heterocycles. The van der Waals surface area contributed by atoms with E-state index in [2.05, 4.69) is 27.4 Å². The molecule has 2 heterocycles. The fourth-order valence-corrected chi connectivity index (χ4v) is 3.05. The van der Waals surface area contributed by atoms with Crippen molar-refractivity contribution >= 4 is 17.9 Å². The summed E-state index contributed by atoms with van der Waals surface area (Å²) in [5, 5.41) is 5.45. The zero-order chi connectivity index (χ0) is 18.1. The molecule has 0 bridgehead atoms. The first-order chi connectivity index (χ1) is 12.1. The van der Waals surface area contributed by atoms with Crippen molar-refractivity contribution in [3.05, 3.63) is 35.7 Å². The number of hydrogen-bond donors (Lipinski definition) is 2. The Morgan fingerprint density at radius 2 is 2.24 bits per heavy atom. The molecule has 0 radical (unpaired) electrons. The van der Waals surface area contributed by atoms with Crippen molar-refractivity contribution in [2.75, 3.05) is 33.2 Å². The van der Waals surface area contributed by atoms with E-state index in [0.29, 0.717) is 12.1 Å². The van der Waals surface area contributed by atoms with E-state index in [0.717, 1.165) is 24.4 Å². The summed E-state index contributed by atoms with van der Waals surface area (Å²) in [5.41, 5.74) is 1.19. The topological polar surface area (TPSA) is 74.3 Å². The third kappa shape index (κ3) is 6.66. The molecule has 2 N–H and O–H groups in total. The lowest BCUT2D eigenvalue weighted by Crippen LogP contribution is -2.36. The van der Waals surface area contributed by atoms with E-state index >= 15 is 0 Å². The highest BCUT2D eigenvalue weighted by molar-refractivity contribution is 5.95. The van der Waals surface area contributed by atoms with E-state index in [1.165, 1.54) is 38.2 Å². The lowest BCUT2D eigenvalue weighted by atomic mass is 10.0. The maximum absolute atomic E-state index is 11.9. The van der Waals surface area contributed by atoms with Gasteiger partial charge in [-0.25, -0.2) is 0 Å². The number of nitrogens with one attached hydrogen (secondary N) is 2. The SMILES string of the molecule is CNC(=O)c1cncc(/C=C\C(=O)NCCCN2CCC[C@H](C)C2)c1. The van der Waals surface area contributed by atoms with Gasteiger partial charge in [0, 0.05) is 38.6 Å². The summed E-state index contributed by atoms with van der Waals surface area (Å²) >= 11 is 0. The summed E-state index contributed by atoms with van der Waals surface area (Å²) in [4.78, 5) is 29.9. The van der Waals surface area contributed by atoms with Gasteiger partial charge < -0.3 is 15.5 Å². The number of nitrogens with zero attached hydrogens (tertiary/aromatic N) is 2. The molecule has 1 atom stereocenters. The molecule has 1 aliphatic rings. The number of pyridine rings is 1. The van der Waals surface area contributed by atoms with Gasteiger partial charge in [0.05, 0.1) is 5.56 Å². The van der Waals surface area contributed by atoms with Crippen LogP contribution in [0.2, 0.25) is 0 Å². The minimum atomic E-state index is -0.195. The summed E-state index contributed by atoms with van der Waals surface area (Å²) < 4.78 is 0. The zero-order valence-corrected chi connectivity index (χ0v) is 15.1. The van der Waals surface area contributed by atoms with Gasteiger partial charge in [-0.3, -0.25) is 14.6 Å². The molecule has 0 unspecified atom stereocenters. The van der Waals surface area contributed by atoms with Crippen molar-refractivity contribution in [1.82, 2.24) is 20.5 Å². The average Bonchev–Trinajstić information content (AvgIpc) is 2.63. The van der Waals surface area contributed by atoms with Crippen LogP contribution in [0.1, 0.15) is 42.1 Å². The van der Waals surface area contributed by atoms with Crippen molar-refractivity contribution in [1.29, 1.82) is 0 Å². The minimum absolute atomic E-state index is 0.127. The zero-order valence-electron chi connectivity index (χ0n) is 15.1. The smallest absolute Gasteiger partial charge is 0.252 e. The van der Waals surface area contributed by atoms with Crippen molar-refractivity contribution in [2.24, 2.45) is 5.92 Å². The Kier molecular flexibility index (Phi) is 7.60. The lowest BCUT2D eigenvalue weighted by molar-refractivity contribution is -0.116. The highest BCUT2D eigenvalue weighted by Crippen LogP contribution is 2.15. The molecule has 6 heteroatoms. The average molecular weight is 344 g/mol. The minimum Gasteiger partial charge on any atom is -0.355 e.